The highest BCUT2D eigenvalue weighted by Crippen LogP contribution is 2.62. The van der Waals surface area contributed by atoms with Gasteiger partial charge in [-0.1, -0.05) is 30.3 Å². The molecule has 0 heterocycles. The van der Waals surface area contributed by atoms with Gasteiger partial charge in [-0.05, 0) is 133 Å². The molecule has 0 N–H and O–H groups in total. The fraction of sp³-hybridized carbons (Fsp3) is 0.395. The van der Waals surface area contributed by atoms with Gasteiger partial charge in [-0.15, -0.1) is 0 Å². The molecule has 0 amide bonds. The molecule has 0 saturated heterocycles. The van der Waals surface area contributed by atoms with Crippen molar-refractivity contribution in [3.8, 4) is 5.75 Å². The van der Waals surface area contributed by atoms with Gasteiger partial charge in [-0.25, -0.2) is 13.6 Å². The van der Waals surface area contributed by atoms with Gasteiger partial charge < -0.3 is 9.47 Å². The number of benzene rings is 3. The fourth-order valence-corrected chi connectivity index (χ4v) is 8.35. The number of methoxy groups -OCH3 is 1. The first-order valence-electron chi connectivity index (χ1n) is 15.8. The molecule has 0 unspecified atom stereocenters. The molecule has 0 radical (unpaired) electrons. The number of rotatable bonds is 10. The van der Waals surface area contributed by atoms with Crippen LogP contribution < -0.4 is 4.74 Å². The Hall–Kier alpha value is -3.94. The lowest BCUT2D eigenvalue weighted by molar-refractivity contribution is -0.137. The Balaban J connectivity index is 1.28. The van der Waals surface area contributed by atoms with Gasteiger partial charge in [0.25, 0.3) is 0 Å². The average Bonchev–Trinajstić information content (AvgIpc) is 3.00. The summed E-state index contributed by atoms with van der Waals surface area (Å²) in [4.78, 5) is 11.8. The maximum absolute atomic E-state index is 13.9. The molecule has 0 spiro atoms. The number of halogens is 5. The monoisotopic (exact) mass is 636 g/mol. The van der Waals surface area contributed by atoms with Crippen LogP contribution in [-0.2, 0) is 34.2 Å². The molecule has 4 bridgehead atoms. The van der Waals surface area contributed by atoms with Crippen LogP contribution in [0.5, 0.6) is 5.75 Å². The zero-order valence-corrected chi connectivity index (χ0v) is 25.7. The second-order valence-electron chi connectivity index (χ2n) is 13.2. The van der Waals surface area contributed by atoms with E-state index in [9.17, 15) is 26.7 Å². The van der Waals surface area contributed by atoms with Crippen molar-refractivity contribution in [2.24, 2.45) is 17.8 Å². The summed E-state index contributed by atoms with van der Waals surface area (Å²) in [7, 11) is 1.23. The molecule has 3 aromatic rings. The molecule has 0 aromatic heterocycles. The molecule has 8 heteroatoms. The van der Waals surface area contributed by atoms with E-state index in [1.165, 1.54) is 56.7 Å². The number of hydrogen-bond acceptors (Lipinski definition) is 3. The number of allylic oxidation sites excluding steroid dienone is 3. The van der Waals surface area contributed by atoms with Gasteiger partial charge >= 0.3 is 12.1 Å². The number of aryl methyl sites for hydroxylation is 1. The average molecular weight is 637 g/mol. The summed E-state index contributed by atoms with van der Waals surface area (Å²) < 4.78 is 79.2. The molecule has 242 valence electrons. The van der Waals surface area contributed by atoms with Crippen molar-refractivity contribution in [3.63, 3.8) is 0 Å². The van der Waals surface area contributed by atoms with E-state index in [1.54, 1.807) is 12.1 Å². The van der Waals surface area contributed by atoms with Crippen LogP contribution in [0.4, 0.5) is 22.0 Å². The van der Waals surface area contributed by atoms with Crippen molar-refractivity contribution in [2.45, 2.75) is 69.6 Å². The summed E-state index contributed by atoms with van der Waals surface area (Å²) in [6.07, 6.45) is 8.23. The maximum Gasteiger partial charge on any atom is 0.416 e. The summed E-state index contributed by atoms with van der Waals surface area (Å²) in [6, 6.07) is 14.6. The van der Waals surface area contributed by atoms with Gasteiger partial charge in [0.15, 0.2) is 0 Å². The van der Waals surface area contributed by atoms with Gasteiger partial charge in [-0.3, -0.25) is 0 Å². The number of carbonyl (C=O) groups excluding carboxylic acids is 1. The van der Waals surface area contributed by atoms with E-state index in [4.69, 9.17) is 4.74 Å². The Morgan fingerprint density at radius 2 is 1.54 bits per heavy atom. The molecule has 0 aliphatic heterocycles. The predicted molar refractivity (Wildman–Crippen MR) is 166 cm³/mol. The van der Waals surface area contributed by atoms with E-state index >= 15 is 0 Å². The van der Waals surface area contributed by atoms with Crippen LogP contribution in [0, 0.1) is 29.4 Å². The van der Waals surface area contributed by atoms with Crippen LogP contribution in [0.25, 0.3) is 5.57 Å². The lowest BCUT2D eigenvalue weighted by Gasteiger charge is -2.57. The molecular formula is C38H37F5O3. The molecule has 3 aromatic carbocycles. The molecule has 4 fully saturated rings. The highest BCUT2D eigenvalue weighted by Gasteiger charge is 2.52. The van der Waals surface area contributed by atoms with Crippen LogP contribution in [0.15, 0.2) is 78.9 Å². The highest BCUT2D eigenvalue weighted by molar-refractivity contribution is 5.87. The van der Waals surface area contributed by atoms with E-state index in [1.807, 2.05) is 6.07 Å². The molecule has 0 atom stereocenters. The van der Waals surface area contributed by atoms with Gasteiger partial charge in [0, 0.05) is 17.7 Å². The van der Waals surface area contributed by atoms with Crippen LogP contribution in [-0.4, -0.2) is 13.1 Å². The standard InChI is InChI=1S/C38H37F5O3/c1-45-36(44)11-9-29(30-6-3-7-31(18-30)38(41,42)43)5-2-4-24-8-10-34(37-20-25-12-26(21-37)14-27(13-25)22-37)35(17-24)46-23-28-15-32(39)19-33(40)16-28/h3,5-11,15-19,25-27H,2,4,12-14,20-23H2,1H3. The third-order valence-electron chi connectivity index (χ3n) is 9.89. The molecule has 7 rings (SSSR count). The van der Waals surface area contributed by atoms with Crippen molar-refractivity contribution >= 4 is 11.5 Å². The lowest BCUT2D eigenvalue weighted by Crippen LogP contribution is -2.48. The summed E-state index contributed by atoms with van der Waals surface area (Å²) in [5, 5.41) is 0. The topological polar surface area (TPSA) is 35.5 Å². The Morgan fingerprint density at radius 3 is 2.17 bits per heavy atom. The van der Waals surface area contributed by atoms with Crippen molar-refractivity contribution in [1.82, 2.24) is 0 Å². The van der Waals surface area contributed by atoms with E-state index in [0.29, 0.717) is 47.3 Å². The van der Waals surface area contributed by atoms with Crippen molar-refractivity contribution < 1.29 is 36.2 Å². The minimum Gasteiger partial charge on any atom is -0.489 e. The van der Waals surface area contributed by atoms with Crippen molar-refractivity contribution in [1.29, 1.82) is 0 Å². The number of hydrogen-bond donors (Lipinski definition) is 0. The molecular weight excluding hydrogens is 599 g/mol. The first kappa shape index (κ1) is 32.0. The number of carbonyl (C=O) groups is 1. The van der Waals surface area contributed by atoms with Gasteiger partial charge in [0.1, 0.15) is 24.0 Å². The van der Waals surface area contributed by atoms with E-state index < -0.39 is 29.3 Å². The second-order valence-corrected chi connectivity index (χ2v) is 13.2. The molecule has 46 heavy (non-hydrogen) atoms. The van der Waals surface area contributed by atoms with Crippen molar-refractivity contribution in [3.05, 3.63) is 118 Å². The third kappa shape index (κ3) is 7.21. The van der Waals surface area contributed by atoms with Crippen LogP contribution >= 0.6 is 0 Å². The highest BCUT2D eigenvalue weighted by atomic mass is 19.4. The SMILES string of the molecule is COC(=O)C=CC(=CCCc1ccc(C23CC4CC(CC(C4)C2)C3)c(OCc2cc(F)cc(F)c2)c1)c1cccc(C(F)(F)F)c1. The van der Waals surface area contributed by atoms with E-state index in [-0.39, 0.29) is 12.0 Å². The zero-order valence-electron chi connectivity index (χ0n) is 25.7. The third-order valence-corrected chi connectivity index (χ3v) is 9.89. The number of alkyl halides is 3. The zero-order chi connectivity index (χ0) is 32.5. The van der Waals surface area contributed by atoms with E-state index in [0.717, 1.165) is 54.3 Å². The minimum atomic E-state index is -4.50. The summed E-state index contributed by atoms with van der Waals surface area (Å²) >= 11 is 0. The fourth-order valence-electron chi connectivity index (χ4n) is 8.35. The van der Waals surface area contributed by atoms with Gasteiger partial charge in [-0.2, -0.15) is 13.2 Å². The van der Waals surface area contributed by atoms with E-state index in [2.05, 4.69) is 16.9 Å². The smallest absolute Gasteiger partial charge is 0.416 e. The quantitative estimate of drug-likeness (QED) is 0.0962. The summed E-state index contributed by atoms with van der Waals surface area (Å²) in [5.41, 5.74) is 2.59. The first-order valence-corrected chi connectivity index (χ1v) is 15.8. The molecule has 3 nitrogen and oxygen atoms in total. The molecule has 4 saturated carbocycles. The van der Waals surface area contributed by atoms with Gasteiger partial charge in [0.2, 0.25) is 0 Å². The maximum atomic E-state index is 13.9. The Labute approximate surface area is 266 Å². The Bertz CT molecular complexity index is 1600. The van der Waals surface area contributed by atoms with Crippen LogP contribution in [0.3, 0.4) is 0 Å². The van der Waals surface area contributed by atoms with Crippen molar-refractivity contribution in [2.75, 3.05) is 7.11 Å². The second kappa shape index (κ2) is 13.0. The molecule has 4 aliphatic rings. The Morgan fingerprint density at radius 1 is 0.870 bits per heavy atom. The largest absolute Gasteiger partial charge is 0.489 e. The number of esters is 1. The lowest BCUT2D eigenvalue weighted by atomic mass is 9.48. The van der Waals surface area contributed by atoms with Gasteiger partial charge in [0.05, 0.1) is 12.7 Å². The van der Waals surface area contributed by atoms with Crippen LogP contribution in [0.2, 0.25) is 0 Å². The molecule has 4 aliphatic carbocycles. The Kier molecular flexibility index (Phi) is 9.08. The number of ether oxygens (including phenoxy) is 2. The first-order chi connectivity index (χ1) is 22.0. The minimum absolute atomic E-state index is 0.0232. The predicted octanol–water partition coefficient (Wildman–Crippen LogP) is 9.78. The summed E-state index contributed by atoms with van der Waals surface area (Å²) in [5.74, 6) is 0.946. The van der Waals surface area contributed by atoms with Crippen LogP contribution in [0.1, 0.15) is 72.8 Å². The summed E-state index contributed by atoms with van der Waals surface area (Å²) in [6.45, 7) is 0.0232. The normalized spacial score (nSPS) is 24.0.